The second kappa shape index (κ2) is 5.95. The van der Waals surface area contributed by atoms with Crippen LogP contribution in [-0.2, 0) is 0 Å². The van der Waals surface area contributed by atoms with Crippen molar-refractivity contribution in [3.05, 3.63) is 61.9 Å². The van der Waals surface area contributed by atoms with E-state index in [1.165, 1.54) is 6.07 Å². The van der Waals surface area contributed by atoms with Crippen molar-refractivity contribution in [2.45, 2.75) is 0 Å². The first-order valence-corrected chi connectivity index (χ1v) is 6.19. The molecule has 2 aromatic carbocycles. The molecule has 0 aliphatic heterocycles. The van der Waals surface area contributed by atoms with Gasteiger partial charge in [0.1, 0.15) is 17.6 Å². The zero-order valence-corrected chi connectivity index (χ0v) is 11.7. The molecule has 106 valence electrons. The molecule has 0 N–H and O–H groups in total. The molecule has 0 fully saturated rings. The highest BCUT2D eigenvalue weighted by molar-refractivity contribution is 6.37. The van der Waals surface area contributed by atoms with Crippen molar-refractivity contribution in [3.8, 4) is 17.6 Å². The zero-order chi connectivity index (χ0) is 15.6. The van der Waals surface area contributed by atoms with Crippen molar-refractivity contribution in [1.82, 2.24) is 0 Å². The summed E-state index contributed by atoms with van der Waals surface area (Å²) in [4.78, 5) is 10.0. The number of benzene rings is 2. The number of nitro benzene ring substituents is 1. The van der Waals surface area contributed by atoms with Crippen LogP contribution in [-0.4, -0.2) is 4.92 Å². The van der Waals surface area contributed by atoms with Crippen LogP contribution in [0.5, 0.6) is 11.5 Å². The summed E-state index contributed by atoms with van der Waals surface area (Å²) < 4.78 is 18.4. The average molecular weight is 327 g/mol. The Morgan fingerprint density at radius 3 is 2.38 bits per heavy atom. The van der Waals surface area contributed by atoms with Crippen LogP contribution >= 0.6 is 23.2 Å². The van der Waals surface area contributed by atoms with E-state index < -0.39 is 10.7 Å². The summed E-state index contributed by atoms with van der Waals surface area (Å²) in [5, 5.41) is 19.4. The van der Waals surface area contributed by atoms with E-state index in [0.717, 1.165) is 24.3 Å². The molecule has 0 unspecified atom stereocenters. The molecule has 0 spiro atoms. The molecule has 2 rings (SSSR count). The van der Waals surface area contributed by atoms with Gasteiger partial charge in [0.25, 0.3) is 5.69 Å². The van der Waals surface area contributed by atoms with E-state index in [2.05, 4.69) is 0 Å². The summed E-state index contributed by atoms with van der Waals surface area (Å²) in [7, 11) is 0. The summed E-state index contributed by atoms with van der Waals surface area (Å²) in [6.45, 7) is 0. The second-order valence-electron chi connectivity index (χ2n) is 3.85. The van der Waals surface area contributed by atoms with Crippen molar-refractivity contribution in [2.24, 2.45) is 0 Å². The van der Waals surface area contributed by atoms with E-state index in [0.29, 0.717) is 0 Å². The van der Waals surface area contributed by atoms with E-state index in [9.17, 15) is 14.5 Å². The van der Waals surface area contributed by atoms with Gasteiger partial charge in [-0.15, -0.1) is 0 Å². The third kappa shape index (κ3) is 3.21. The number of ether oxygens (including phenoxy) is 1. The normalized spacial score (nSPS) is 10.0. The fourth-order valence-electron chi connectivity index (χ4n) is 1.54. The second-order valence-corrected chi connectivity index (χ2v) is 4.66. The van der Waals surface area contributed by atoms with E-state index in [4.69, 9.17) is 33.2 Å². The topological polar surface area (TPSA) is 76.2 Å². The van der Waals surface area contributed by atoms with E-state index in [1.54, 1.807) is 6.07 Å². The zero-order valence-electron chi connectivity index (χ0n) is 10.1. The lowest BCUT2D eigenvalue weighted by Gasteiger charge is -2.10. The summed E-state index contributed by atoms with van der Waals surface area (Å²) in [5.41, 5.74) is -0.350. The molecule has 0 aromatic heterocycles. The molecule has 8 heteroatoms. The van der Waals surface area contributed by atoms with Gasteiger partial charge >= 0.3 is 0 Å². The summed E-state index contributed by atoms with van der Waals surface area (Å²) in [6.07, 6.45) is 0. The number of hydrogen-bond donors (Lipinski definition) is 0. The summed E-state index contributed by atoms with van der Waals surface area (Å²) in [6, 6.07) is 7.23. The number of halogens is 3. The van der Waals surface area contributed by atoms with Crippen molar-refractivity contribution in [2.75, 3.05) is 0 Å². The standard InChI is InChI=1S/C13H5Cl2FN2O3/c14-10-4-9(18(19)20)5-11(15)13(10)21-12-2-1-8(16)3-7(12)6-17/h1-5H. The van der Waals surface area contributed by atoms with Crippen LogP contribution in [0, 0.1) is 27.3 Å². The van der Waals surface area contributed by atoms with Gasteiger partial charge in [-0.1, -0.05) is 23.2 Å². The Kier molecular flexibility index (Phi) is 4.26. The van der Waals surface area contributed by atoms with Gasteiger partial charge in [0, 0.05) is 12.1 Å². The highest BCUT2D eigenvalue weighted by atomic mass is 35.5. The Hall–Kier alpha value is -2.36. The number of nitriles is 1. The summed E-state index contributed by atoms with van der Waals surface area (Å²) >= 11 is 11.8. The molecule has 0 radical (unpaired) electrons. The third-order valence-electron chi connectivity index (χ3n) is 2.47. The van der Waals surface area contributed by atoms with Crippen molar-refractivity contribution in [1.29, 1.82) is 5.26 Å². The number of nitro groups is 1. The summed E-state index contributed by atoms with van der Waals surface area (Å²) in [5.74, 6) is -0.608. The molecule has 0 saturated carbocycles. The van der Waals surface area contributed by atoms with Crippen LogP contribution < -0.4 is 4.74 Å². The highest BCUT2D eigenvalue weighted by Gasteiger charge is 2.17. The van der Waals surface area contributed by atoms with Crippen molar-refractivity contribution < 1.29 is 14.1 Å². The highest BCUT2D eigenvalue weighted by Crippen LogP contribution is 2.40. The molecule has 0 bridgehead atoms. The van der Waals surface area contributed by atoms with Crippen LogP contribution in [0.3, 0.4) is 0 Å². The SMILES string of the molecule is N#Cc1cc(F)ccc1Oc1c(Cl)cc([N+](=O)[O-])cc1Cl. The molecular formula is C13H5Cl2FN2O3. The predicted molar refractivity (Wildman–Crippen MR) is 74.3 cm³/mol. The van der Waals surface area contributed by atoms with Crippen molar-refractivity contribution >= 4 is 28.9 Å². The first-order chi connectivity index (χ1) is 9.92. The van der Waals surface area contributed by atoms with Crippen LogP contribution in [0.25, 0.3) is 0 Å². The molecule has 0 aliphatic rings. The van der Waals surface area contributed by atoms with Crippen LogP contribution in [0.1, 0.15) is 5.56 Å². The fourth-order valence-corrected chi connectivity index (χ4v) is 2.09. The van der Waals surface area contributed by atoms with E-state index in [-0.39, 0.29) is 32.8 Å². The number of non-ortho nitro benzene ring substituents is 1. The fraction of sp³-hybridized carbons (Fsp3) is 0. The van der Waals surface area contributed by atoms with Gasteiger partial charge in [0.15, 0.2) is 5.75 Å². The molecule has 5 nitrogen and oxygen atoms in total. The third-order valence-corrected chi connectivity index (χ3v) is 3.03. The van der Waals surface area contributed by atoms with Gasteiger partial charge in [-0.05, 0) is 18.2 Å². The molecule has 0 saturated heterocycles. The Labute approximate surface area is 128 Å². The van der Waals surface area contributed by atoms with Gasteiger partial charge < -0.3 is 4.74 Å². The minimum absolute atomic E-state index is 0.0385. The lowest BCUT2D eigenvalue weighted by atomic mass is 10.2. The minimum Gasteiger partial charge on any atom is -0.453 e. The van der Waals surface area contributed by atoms with E-state index in [1.807, 2.05) is 0 Å². The Balaban J connectivity index is 2.46. The Bertz CT molecular complexity index is 751. The van der Waals surface area contributed by atoms with Gasteiger partial charge in [-0.25, -0.2) is 4.39 Å². The predicted octanol–water partition coefficient (Wildman–Crippen LogP) is 4.70. The van der Waals surface area contributed by atoms with Gasteiger partial charge in [-0.3, -0.25) is 10.1 Å². The maximum absolute atomic E-state index is 13.0. The molecule has 0 heterocycles. The number of rotatable bonds is 3. The van der Waals surface area contributed by atoms with Gasteiger partial charge in [-0.2, -0.15) is 5.26 Å². The molecule has 0 aliphatic carbocycles. The number of hydrogen-bond acceptors (Lipinski definition) is 4. The monoisotopic (exact) mass is 326 g/mol. The maximum atomic E-state index is 13.0. The van der Waals surface area contributed by atoms with Gasteiger partial charge in [0.05, 0.1) is 20.5 Å². The smallest absolute Gasteiger partial charge is 0.272 e. The Morgan fingerprint density at radius 1 is 1.24 bits per heavy atom. The van der Waals surface area contributed by atoms with E-state index >= 15 is 0 Å². The van der Waals surface area contributed by atoms with Crippen LogP contribution in [0.15, 0.2) is 30.3 Å². The molecule has 0 amide bonds. The molecular weight excluding hydrogens is 322 g/mol. The molecule has 0 atom stereocenters. The van der Waals surface area contributed by atoms with Crippen LogP contribution in [0.4, 0.5) is 10.1 Å². The average Bonchev–Trinajstić information content (AvgIpc) is 2.43. The Morgan fingerprint density at radius 2 is 1.86 bits per heavy atom. The molecule has 21 heavy (non-hydrogen) atoms. The minimum atomic E-state index is -0.653. The maximum Gasteiger partial charge on any atom is 0.272 e. The lowest BCUT2D eigenvalue weighted by Crippen LogP contribution is -1.93. The van der Waals surface area contributed by atoms with Gasteiger partial charge in [0.2, 0.25) is 0 Å². The first kappa shape index (κ1) is 15.0. The first-order valence-electron chi connectivity index (χ1n) is 5.43. The molecule has 2 aromatic rings. The van der Waals surface area contributed by atoms with Crippen LogP contribution in [0.2, 0.25) is 10.0 Å². The largest absolute Gasteiger partial charge is 0.453 e. The number of nitrogens with zero attached hydrogens (tertiary/aromatic N) is 2. The lowest BCUT2D eigenvalue weighted by molar-refractivity contribution is -0.384. The quantitative estimate of drug-likeness (QED) is 0.604. The van der Waals surface area contributed by atoms with Crippen molar-refractivity contribution in [3.63, 3.8) is 0 Å².